The van der Waals surface area contributed by atoms with Crippen LogP contribution in [-0.2, 0) is 9.53 Å². The SMILES string of the molecule is CC(=O)NCC1CN(c2ccc(N3CCN(C(=O)c4cccc(Br)n4)CC3)c(F)c2)C(=O)O1. The largest absolute Gasteiger partial charge is 0.442 e. The first kappa shape index (κ1) is 23.0. The van der Waals surface area contributed by atoms with Gasteiger partial charge in [0.2, 0.25) is 5.91 Å². The van der Waals surface area contributed by atoms with Gasteiger partial charge in [-0.2, -0.15) is 0 Å². The second kappa shape index (κ2) is 9.74. The van der Waals surface area contributed by atoms with Crippen LogP contribution in [0, 0.1) is 5.82 Å². The van der Waals surface area contributed by atoms with E-state index in [1.165, 1.54) is 17.9 Å². The van der Waals surface area contributed by atoms with E-state index in [9.17, 15) is 18.8 Å². The molecule has 2 fully saturated rings. The van der Waals surface area contributed by atoms with Gasteiger partial charge in [0.05, 0.1) is 24.5 Å². The summed E-state index contributed by atoms with van der Waals surface area (Å²) in [5, 5.41) is 2.61. The Morgan fingerprint density at radius 3 is 2.64 bits per heavy atom. The van der Waals surface area contributed by atoms with Crippen molar-refractivity contribution in [3.8, 4) is 0 Å². The lowest BCUT2D eigenvalue weighted by atomic mass is 10.2. The predicted molar refractivity (Wildman–Crippen MR) is 123 cm³/mol. The molecule has 9 nitrogen and oxygen atoms in total. The molecule has 174 valence electrons. The first-order valence-electron chi connectivity index (χ1n) is 10.5. The number of ether oxygens (including phenoxy) is 1. The lowest BCUT2D eigenvalue weighted by Gasteiger charge is -2.36. The Labute approximate surface area is 198 Å². The summed E-state index contributed by atoms with van der Waals surface area (Å²) in [5.74, 6) is -0.832. The van der Waals surface area contributed by atoms with Gasteiger partial charge in [-0.25, -0.2) is 14.2 Å². The van der Waals surface area contributed by atoms with Gasteiger partial charge in [-0.3, -0.25) is 14.5 Å². The molecular weight excluding hydrogens is 497 g/mol. The maximum atomic E-state index is 15.0. The number of nitrogens with zero attached hydrogens (tertiary/aromatic N) is 4. The molecule has 0 saturated carbocycles. The van der Waals surface area contributed by atoms with E-state index < -0.39 is 18.0 Å². The summed E-state index contributed by atoms with van der Waals surface area (Å²) in [4.78, 5) is 45.0. The summed E-state index contributed by atoms with van der Waals surface area (Å²) in [6.07, 6.45) is -1.07. The van der Waals surface area contributed by atoms with Crippen molar-refractivity contribution in [1.29, 1.82) is 0 Å². The molecule has 0 radical (unpaired) electrons. The van der Waals surface area contributed by atoms with E-state index in [0.717, 1.165) is 0 Å². The minimum Gasteiger partial charge on any atom is -0.442 e. The highest BCUT2D eigenvalue weighted by molar-refractivity contribution is 9.10. The molecule has 0 spiro atoms. The van der Waals surface area contributed by atoms with Crippen LogP contribution in [0.1, 0.15) is 17.4 Å². The molecule has 2 aliphatic heterocycles. The molecule has 1 N–H and O–H groups in total. The van der Waals surface area contributed by atoms with E-state index in [4.69, 9.17) is 4.74 Å². The molecule has 11 heteroatoms. The van der Waals surface area contributed by atoms with Crippen LogP contribution in [-0.4, -0.2) is 73.2 Å². The molecular formula is C22H23BrFN5O4. The number of carbonyl (C=O) groups excluding carboxylic acids is 3. The van der Waals surface area contributed by atoms with Crippen molar-refractivity contribution in [3.05, 3.63) is 52.5 Å². The Morgan fingerprint density at radius 1 is 1.21 bits per heavy atom. The van der Waals surface area contributed by atoms with Gasteiger partial charge in [0.15, 0.2) is 0 Å². The number of carbonyl (C=O) groups is 3. The standard InChI is InChI=1S/C22H23BrFN5O4/c1-14(30)25-12-16-13-29(22(32)33-16)15-5-6-19(17(24)11-15)27-7-9-28(10-8-27)21(31)18-3-2-4-20(23)26-18/h2-6,11,16H,7-10,12-13H2,1H3,(H,25,30). The van der Waals surface area contributed by atoms with Crippen molar-refractivity contribution in [2.75, 3.05) is 49.1 Å². The Balaban J connectivity index is 1.38. The number of cyclic esters (lactones) is 1. The summed E-state index contributed by atoms with van der Waals surface area (Å²) in [5.41, 5.74) is 1.16. The van der Waals surface area contributed by atoms with E-state index in [2.05, 4.69) is 26.2 Å². The number of benzene rings is 1. The zero-order valence-electron chi connectivity index (χ0n) is 18.0. The Hall–Kier alpha value is -3.21. The number of pyridine rings is 1. The normalized spacial score (nSPS) is 18.3. The van der Waals surface area contributed by atoms with Crippen molar-refractivity contribution in [3.63, 3.8) is 0 Å². The van der Waals surface area contributed by atoms with Crippen LogP contribution in [0.25, 0.3) is 0 Å². The van der Waals surface area contributed by atoms with Crippen molar-refractivity contribution in [2.24, 2.45) is 0 Å². The Kier molecular flexibility index (Phi) is 6.77. The lowest BCUT2D eigenvalue weighted by Crippen LogP contribution is -2.49. The van der Waals surface area contributed by atoms with Gasteiger partial charge in [-0.05, 0) is 46.3 Å². The van der Waals surface area contributed by atoms with Gasteiger partial charge in [0.25, 0.3) is 5.91 Å². The quantitative estimate of drug-likeness (QED) is 0.609. The van der Waals surface area contributed by atoms with Crippen molar-refractivity contribution >= 4 is 45.2 Å². The Bertz CT molecular complexity index is 1080. The molecule has 1 aromatic heterocycles. The molecule has 3 heterocycles. The molecule has 4 rings (SSSR count). The minimum atomic E-state index is -0.578. The molecule has 0 bridgehead atoms. The summed E-state index contributed by atoms with van der Waals surface area (Å²) in [6, 6.07) is 9.79. The van der Waals surface area contributed by atoms with E-state index >= 15 is 0 Å². The van der Waals surface area contributed by atoms with Crippen LogP contribution in [0.4, 0.5) is 20.6 Å². The van der Waals surface area contributed by atoms with Gasteiger partial charge >= 0.3 is 6.09 Å². The van der Waals surface area contributed by atoms with Crippen molar-refractivity contribution in [2.45, 2.75) is 13.0 Å². The average Bonchev–Trinajstić information content (AvgIpc) is 3.18. The van der Waals surface area contributed by atoms with Crippen LogP contribution in [0.5, 0.6) is 0 Å². The fourth-order valence-corrected chi connectivity index (χ4v) is 4.20. The molecule has 2 aliphatic rings. The number of halogens is 2. The summed E-state index contributed by atoms with van der Waals surface area (Å²) < 4.78 is 20.8. The zero-order valence-corrected chi connectivity index (χ0v) is 19.5. The first-order chi connectivity index (χ1) is 15.8. The molecule has 1 aromatic carbocycles. The maximum Gasteiger partial charge on any atom is 0.414 e. The van der Waals surface area contributed by atoms with Crippen LogP contribution in [0.2, 0.25) is 0 Å². The van der Waals surface area contributed by atoms with Gasteiger partial charge in [0, 0.05) is 33.1 Å². The summed E-state index contributed by atoms with van der Waals surface area (Å²) in [6.45, 7) is 3.64. The predicted octanol–water partition coefficient (Wildman–Crippen LogP) is 2.41. The molecule has 2 saturated heterocycles. The van der Waals surface area contributed by atoms with Gasteiger partial charge in [-0.15, -0.1) is 0 Å². The molecule has 0 aliphatic carbocycles. The number of rotatable bonds is 5. The number of hydrogen-bond acceptors (Lipinski definition) is 6. The molecule has 3 amide bonds. The highest BCUT2D eigenvalue weighted by Crippen LogP contribution is 2.28. The maximum absolute atomic E-state index is 15.0. The third-order valence-electron chi connectivity index (χ3n) is 5.54. The lowest BCUT2D eigenvalue weighted by molar-refractivity contribution is -0.119. The minimum absolute atomic E-state index is 0.159. The zero-order chi connectivity index (χ0) is 23.5. The Morgan fingerprint density at radius 2 is 1.97 bits per heavy atom. The summed E-state index contributed by atoms with van der Waals surface area (Å²) in [7, 11) is 0. The number of amides is 3. The average molecular weight is 520 g/mol. The first-order valence-corrected chi connectivity index (χ1v) is 11.3. The van der Waals surface area contributed by atoms with E-state index in [1.807, 2.05) is 4.90 Å². The molecule has 33 heavy (non-hydrogen) atoms. The third-order valence-corrected chi connectivity index (χ3v) is 5.98. The molecule has 1 atom stereocenters. The van der Waals surface area contributed by atoms with E-state index in [0.29, 0.717) is 47.9 Å². The van der Waals surface area contributed by atoms with E-state index in [1.54, 1.807) is 35.2 Å². The summed E-state index contributed by atoms with van der Waals surface area (Å²) >= 11 is 3.27. The second-order valence-electron chi connectivity index (χ2n) is 7.81. The van der Waals surface area contributed by atoms with Crippen LogP contribution in [0.15, 0.2) is 41.0 Å². The highest BCUT2D eigenvalue weighted by atomic mass is 79.9. The highest BCUT2D eigenvalue weighted by Gasteiger charge is 2.33. The van der Waals surface area contributed by atoms with Crippen LogP contribution in [0.3, 0.4) is 0 Å². The number of anilines is 2. The van der Waals surface area contributed by atoms with Crippen molar-refractivity contribution in [1.82, 2.24) is 15.2 Å². The van der Waals surface area contributed by atoms with Gasteiger partial charge in [0.1, 0.15) is 22.2 Å². The fourth-order valence-electron chi connectivity index (χ4n) is 3.86. The topological polar surface area (TPSA) is 95.1 Å². The van der Waals surface area contributed by atoms with Gasteiger partial charge in [-0.1, -0.05) is 6.07 Å². The number of piperazine rings is 1. The van der Waals surface area contributed by atoms with E-state index in [-0.39, 0.29) is 24.9 Å². The molecule has 2 aromatic rings. The smallest absolute Gasteiger partial charge is 0.414 e. The third kappa shape index (κ3) is 5.24. The number of hydrogen-bond donors (Lipinski definition) is 1. The monoisotopic (exact) mass is 519 g/mol. The van der Waals surface area contributed by atoms with Crippen LogP contribution < -0.4 is 15.1 Å². The number of aromatic nitrogens is 1. The van der Waals surface area contributed by atoms with Gasteiger partial charge < -0.3 is 19.9 Å². The number of nitrogens with one attached hydrogen (secondary N) is 1. The second-order valence-corrected chi connectivity index (χ2v) is 8.63. The van der Waals surface area contributed by atoms with Crippen LogP contribution >= 0.6 is 15.9 Å². The molecule has 1 unspecified atom stereocenters. The van der Waals surface area contributed by atoms with Crippen molar-refractivity contribution < 1.29 is 23.5 Å². The fraction of sp³-hybridized carbons (Fsp3) is 0.364.